The van der Waals surface area contributed by atoms with Crippen LogP contribution in [0.15, 0.2) is 24.3 Å². The zero-order chi connectivity index (χ0) is 13.6. The van der Waals surface area contributed by atoms with Crippen molar-refractivity contribution in [3.8, 4) is 0 Å². The van der Waals surface area contributed by atoms with Crippen LogP contribution in [0.25, 0.3) is 0 Å². The van der Waals surface area contributed by atoms with E-state index in [-0.39, 0.29) is 18.4 Å². The van der Waals surface area contributed by atoms with E-state index in [9.17, 15) is 9.59 Å². The van der Waals surface area contributed by atoms with Crippen molar-refractivity contribution in [2.45, 2.75) is 46.0 Å². The Morgan fingerprint density at radius 1 is 1.44 bits per heavy atom. The predicted molar refractivity (Wildman–Crippen MR) is 71.1 cm³/mol. The Labute approximate surface area is 109 Å². The fourth-order valence-electron chi connectivity index (χ4n) is 2.26. The molecule has 0 heterocycles. The van der Waals surface area contributed by atoms with Gasteiger partial charge in [-0.2, -0.15) is 0 Å². The molecule has 1 aliphatic rings. The first-order valence-electron chi connectivity index (χ1n) is 6.48. The van der Waals surface area contributed by atoms with Gasteiger partial charge in [0.2, 0.25) is 0 Å². The van der Waals surface area contributed by atoms with E-state index >= 15 is 0 Å². The van der Waals surface area contributed by atoms with Crippen molar-refractivity contribution in [3.63, 3.8) is 0 Å². The second-order valence-corrected chi connectivity index (χ2v) is 5.09. The molecule has 0 bridgehead atoms. The highest BCUT2D eigenvalue weighted by Gasteiger charge is 2.46. The van der Waals surface area contributed by atoms with Crippen molar-refractivity contribution in [2.75, 3.05) is 6.61 Å². The quantitative estimate of drug-likeness (QED) is 0.427. The molecule has 0 radical (unpaired) electrons. The van der Waals surface area contributed by atoms with E-state index in [1.165, 1.54) is 6.08 Å². The number of rotatable bonds is 5. The van der Waals surface area contributed by atoms with Gasteiger partial charge in [0, 0.05) is 6.42 Å². The molecule has 1 saturated carbocycles. The number of esters is 1. The van der Waals surface area contributed by atoms with Gasteiger partial charge in [-0.25, -0.2) is 0 Å². The zero-order valence-electron chi connectivity index (χ0n) is 11.3. The molecule has 1 rings (SSSR count). The van der Waals surface area contributed by atoms with Gasteiger partial charge in [-0.3, -0.25) is 9.59 Å². The van der Waals surface area contributed by atoms with Gasteiger partial charge in [0.25, 0.3) is 0 Å². The summed E-state index contributed by atoms with van der Waals surface area (Å²) in [6.07, 6.45) is 6.82. The molecular formula is C15H22O3. The highest BCUT2D eigenvalue weighted by molar-refractivity contribution is 6.04. The summed E-state index contributed by atoms with van der Waals surface area (Å²) < 4.78 is 5.13. The maximum atomic E-state index is 12.2. The van der Waals surface area contributed by atoms with Crippen molar-refractivity contribution in [1.82, 2.24) is 0 Å². The van der Waals surface area contributed by atoms with Crippen LogP contribution in [0, 0.1) is 5.41 Å². The van der Waals surface area contributed by atoms with Gasteiger partial charge in [0.15, 0.2) is 5.78 Å². The van der Waals surface area contributed by atoms with Gasteiger partial charge in [0.1, 0.15) is 12.0 Å². The lowest BCUT2D eigenvalue weighted by molar-refractivity contribution is -0.161. The largest absolute Gasteiger partial charge is 0.461 e. The van der Waals surface area contributed by atoms with E-state index in [0.29, 0.717) is 19.3 Å². The molecule has 0 N–H and O–H groups in total. The number of ketones is 1. The molecule has 18 heavy (non-hydrogen) atoms. The maximum Gasteiger partial charge on any atom is 0.320 e. The molecule has 1 fully saturated rings. The monoisotopic (exact) mass is 250 g/mol. The molecule has 3 nitrogen and oxygen atoms in total. The number of ether oxygens (including phenoxy) is 1. The lowest BCUT2D eigenvalue weighted by Crippen LogP contribution is -2.42. The summed E-state index contributed by atoms with van der Waals surface area (Å²) in [6, 6.07) is 0. The topological polar surface area (TPSA) is 43.4 Å². The van der Waals surface area contributed by atoms with Crippen LogP contribution in [0.3, 0.4) is 0 Å². The lowest BCUT2D eigenvalue weighted by atomic mass is 9.70. The van der Waals surface area contributed by atoms with E-state index in [0.717, 1.165) is 18.4 Å². The molecule has 100 valence electrons. The first-order chi connectivity index (χ1) is 8.53. The molecule has 0 aromatic rings. The molecule has 0 aromatic heterocycles. The lowest BCUT2D eigenvalue weighted by Gasteiger charge is -2.32. The first-order valence-corrected chi connectivity index (χ1v) is 6.48. The summed E-state index contributed by atoms with van der Waals surface area (Å²) in [5.74, 6) is -0.357. The molecule has 0 amide bonds. The summed E-state index contributed by atoms with van der Waals surface area (Å²) in [5, 5.41) is 0. The van der Waals surface area contributed by atoms with Crippen molar-refractivity contribution in [1.29, 1.82) is 0 Å². The van der Waals surface area contributed by atoms with Gasteiger partial charge >= 0.3 is 5.97 Å². The Hall–Kier alpha value is -1.38. The molecule has 0 aliphatic heterocycles. The predicted octanol–water partition coefficient (Wildman–Crippen LogP) is 3.20. The zero-order valence-corrected chi connectivity index (χ0v) is 11.3. The Kier molecular flexibility index (Phi) is 5.32. The van der Waals surface area contributed by atoms with E-state index in [1.807, 2.05) is 19.9 Å². The normalized spacial score (nSPS) is 23.3. The van der Waals surface area contributed by atoms with Gasteiger partial charge < -0.3 is 4.74 Å². The van der Waals surface area contributed by atoms with E-state index in [1.54, 1.807) is 0 Å². The summed E-state index contributed by atoms with van der Waals surface area (Å²) >= 11 is 0. The van der Waals surface area contributed by atoms with Gasteiger partial charge in [-0.1, -0.05) is 30.7 Å². The van der Waals surface area contributed by atoms with Gasteiger partial charge in [-0.05, 0) is 33.1 Å². The molecule has 1 atom stereocenters. The standard InChI is InChI=1S/C15H22O3/c1-4-11-18-14(17)15(10-8-12(2)3)9-6-5-7-13(15)16/h4,8H,1,5-7,9-11H2,2-3H3. The van der Waals surface area contributed by atoms with Crippen LogP contribution in [0.1, 0.15) is 46.0 Å². The Morgan fingerprint density at radius 3 is 2.72 bits per heavy atom. The second-order valence-electron chi connectivity index (χ2n) is 5.09. The number of Topliss-reactive ketones (excluding diaryl/α,β-unsaturated/α-hetero) is 1. The van der Waals surface area contributed by atoms with Crippen LogP contribution < -0.4 is 0 Å². The average Bonchev–Trinajstić information content (AvgIpc) is 2.35. The Bertz CT molecular complexity index is 364. The summed E-state index contributed by atoms with van der Waals surface area (Å²) in [4.78, 5) is 24.4. The minimum absolute atomic E-state index is 0.0281. The fraction of sp³-hybridized carbons (Fsp3) is 0.600. The molecule has 0 saturated heterocycles. The smallest absolute Gasteiger partial charge is 0.320 e. The van der Waals surface area contributed by atoms with E-state index in [4.69, 9.17) is 4.74 Å². The van der Waals surface area contributed by atoms with E-state index in [2.05, 4.69) is 6.58 Å². The first kappa shape index (κ1) is 14.7. The molecular weight excluding hydrogens is 228 g/mol. The number of hydrogen-bond donors (Lipinski definition) is 0. The second kappa shape index (κ2) is 6.53. The summed E-state index contributed by atoms with van der Waals surface area (Å²) in [5.41, 5.74) is 0.169. The number of allylic oxidation sites excluding steroid dienone is 2. The number of carbonyl (C=O) groups excluding carboxylic acids is 2. The van der Waals surface area contributed by atoms with Crippen LogP contribution in [-0.2, 0) is 14.3 Å². The van der Waals surface area contributed by atoms with Crippen molar-refractivity contribution >= 4 is 11.8 Å². The Morgan fingerprint density at radius 2 is 2.17 bits per heavy atom. The van der Waals surface area contributed by atoms with Crippen molar-refractivity contribution in [3.05, 3.63) is 24.3 Å². The number of hydrogen-bond acceptors (Lipinski definition) is 3. The van der Waals surface area contributed by atoms with Crippen LogP contribution >= 0.6 is 0 Å². The molecule has 0 aromatic carbocycles. The molecule has 1 aliphatic carbocycles. The van der Waals surface area contributed by atoms with Gasteiger partial charge in [-0.15, -0.1) is 0 Å². The van der Waals surface area contributed by atoms with Crippen LogP contribution in [0.4, 0.5) is 0 Å². The fourth-order valence-corrected chi connectivity index (χ4v) is 2.26. The van der Waals surface area contributed by atoms with E-state index < -0.39 is 5.41 Å². The molecule has 3 heteroatoms. The highest BCUT2D eigenvalue weighted by atomic mass is 16.5. The SMILES string of the molecule is C=CCOC(=O)C1(CC=C(C)C)CCCCC1=O. The molecule has 1 unspecified atom stereocenters. The summed E-state index contributed by atoms with van der Waals surface area (Å²) in [7, 11) is 0. The average molecular weight is 250 g/mol. The summed E-state index contributed by atoms with van der Waals surface area (Å²) in [6.45, 7) is 7.63. The van der Waals surface area contributed by atoms with Crippen molar-refractivity contribution < 1.29 is 14.3 Å². The minimum Gasteiger partial charge on any atom is -0.461 e. The van der Waals surface area contributed by atoms with Crippen LogP contribution in [-0.4, -0.2) is 18.4 Å². The third-order valence-electron chi connectivity index (χ3n) is 3.37. The van der Waals surface area contributed by atoms with Gasteiger partial charge in [0.05, 0.1) is 0 Å². The Balaban J connectivity index is 2.91. The minimum atomic E-state index is -0.946. The maximum absolute atomic E-state index is 12.2. The van der Waals surface area contributed by atoms with Crippen LogP contribution in [0.5, 0.6) is 0 Å². The van der Waals surface area contributed by atoms with Crippen LogP contribution in [0.2, 0.25) is 0 Å². The third kappa shape index (κ3) is 3.31. The third-order valence-corrected chi connectivity index (χ3v) is 3.37. The number of carbonyl (C=O) groups is 2. The highest BCUT2D eigenvalue weighted by Crippen LogP contribution is 2.38. The van der Waals surface area contributed by atoms with Crippen molar-refractivity contribution in [2.24, 2.45) is 5.41 Å². The molecule has 0 spiro atoms.